The number of hydrogen-bond acceptors (Lipinski definition) is 0. The molecule has 0 heterocycles. The Morgan fingerprint density at radius 3 is 2.44 bits per heavy atom. The van der Waals surface area contributed by atoms with E-state index in [1.807, 2.05) is 0 Å². The molecule has 0 aromatic heterocycles. The number of hydrogen-bond donors (Lipinski definition) is 0. The fourth-order valence-electron chi connectivity index (χ4n) is 1.97. The van der Waals surface area contributed by atoms with E-state index in [4.69, 9.17) is 0 Å². The fourth-order valence-corrected chi connectivity index (χ4v) is 4.16. The Morgan fingerprint density at radius 2 is 1.69 bits per heavy atom. The van der Waals surface area contributed by atoms with Gasteiger partial charge in [0.05, 0.1) is 0 Å². The van der Waals surface area contributed by atoms with Gasteiger partial charge in [-0.05, 0) is 0 Å². The molecule has 1 atom stereocenters. The molecule has 0 aliphatic rings. The van der Waals surface area contributed by atoms with Gasteiger partial charge in [0.25, 0.3) is 0 Å². The van der Waals surface area contributed by atoms with Crippen LogP contribution in [0, 0.1) is 0 Å². The van der Waals surface area contributed by atoms with E-state index >= 15 is 0 Å². The molecule has 0 nitrogen and oxygen atoms in total. The number of rotatable bonds is 3. The Kier molecular flexibility index (Phi) is 3.97. The second-order valence-corrected chi connectivity index (χ2v) is 15.6. The molecule has 0 saturated heterocycles. The van der Waals surface area contributed by atoms with Crippen LogP contribution in [0.1, 0.15) is 12.5 Å². The predicted molar refractivity (Wildman–Crippen MR) is 74.6 cm³/mol. The normalized spacial score (nSPS) is 13.2. The Hall–Kier alpha value is -0.417. The molecular weight excluding hydrogens is 389 g/mol. The molecule has 2 aromatic rings. The summed E-state index contributed by atoms with van der Waals surface area (Å²) in [6.07, 6.45) is 1.27. The molecule has 0 aliphatic carbocycles. The van der Waals surface area contributed by atoms with Crippen molar-refractivity contribution in [2.75, 3.05) is 0 Å². The third kappa shape index (κ3) is 2.63. The summed E-state index contributed by atoms with van der Waals surface area (Å²) in [7, 11) is 0. The molecule has 1 heteroatoms. The van der Waals surface area contributed by atoms with Gasteiger partial charge in [0.2, 0.25) is 0 Å². The van der Waals surface area contributed by atoms with E-state index in [1.165, 1.54) is 22.8 Å². The predicted octanol–water partition coefficient (Wildman–Crippen LogP) is 4.53. The maximum absolute atomic E-state index is 2.51. The van der Waals surface area contributed by atoms with Crippen LogP contribution in [-0.2, 0) is 6.42 Å². The quantitative estimate of drug-likeness (QED) is 0.655. The second kappa shape index (κ2) is 5.28. The molecule has 0 aliphatic heterocycles. The first-order valence-corrected chi connectivity index (χ1v) is 14.8. The summed E-state index contributed by atoms with van der Waals surface area (Å²) in [4.78, 5) is 0. The summed E-state index contributed by atoms with van der Waals surface area (Å²) in [5, 5.41) is 2.83. The zero-order chi connectivity index (χ0) is 11.5. The number of benzene rings is 2. The Balaban J connectivity index is 2.37. The average Bonchev–Trinajstić information content (AvgIpc) is 2.29. The Morgan fingerprint density at radius 1 is 1.00 bits per heavy atom. The molecule has 0 saturated carbocycles. The SMILES string of the molecule is C[CH](Cc1cccc2ccccc12)[Bi]([CH3])[CH3]. The molecule has 0 amide bonds. The maximum atomic E-state index is 2.51. The first kappa shape index (κ1) is 12.1. The zero-order valence-electron chi connectivity index (χ0n) is 10.3. The summed E-state index contributed by atoms with van der Waals surface area (Å²) >= 11 is -1.10. The van der Waals surface area contributed by atoms with Gasteiger partial charge in [-0.1, -0.05) is 0 Å². The van der Waals surface area contributed by atoms with Crippen LogP contribution in [0.4, 0.5) is 0 Å². The Bertz CT molecular complexity index is 468. The van der Waals surface area contributed by atoms with Gasteiger partial charge in [0.1, 0.15) is 0 Å². The van der Waals surface area contributed by atoms with Crippen molar-refractivity contribution in [3.63, 3.8) is 0 Å². The van der Waals surface area contributed by atoms with Crippen molar-refractivity contribution in [2.45, 2.75) is 26.2 Å². The molecular formula is C15H19Bi. The van der Waals surface area contributed by atoms with Gasteiger partial charge >= 0.3 is 107 Å². The van der Waals surface area contributed by atoms with Crippen LogP contribution in [0.2, 0.25) is 12.9 Å². The van der Waals surface area contributed by atoms with Crippen molar-refractivity contribution in [3.8, 4) is 0 Å². The molecule has 2 aromatic carbocycles. The first-order chi connectivity index (χ1) is 7.68. The van der Waals surface area contributed by atoms with Gasteiger partial charge in [-0.3, -0.25) is 0 Å². The molecule has 0 fully saturated rings. The van der Waals surface area contributed by atoms with Crippen LogP contribution in [0.15, 0.2) is 42.5 Å². The second-order valence-electron chi connectivity index (χ2n) is 4.66. The molecule has 0 radical (unpaired) electrons. The molecule has 2 rings (SSSR count). The van der Waals surface area contributed by atoms with Crippen molar-refractivity contribution in [2.24, 2.45) is 0 Å². The van der Waals surface area contributed by atoms with E-state index in [2.05, 4.69) is 58.7 Å². The summed E-state index contributed by atoms with van der Waals surface area (Å²) in [6.45, 7) is 2.43. The molecule has 84 valence electrons. The first-order valence-electron chi connectivity index (χ1n) is 5.81. The van der Waals surface area contributed by atoms with E-state index in [0.717, 1.165) is 3.63 Å². The molecule has 0 N–H and O–H groups in total. The van der Waals surface area contributed by atoms with Crippen LogP contribution < -0.4 is 0 Å². The third-order valence-corrected chi connectivity index (χ3v) is 10.8. The van der Waals surface area contributed by atoms with Crippen molar-refractivity contribution in [1.82, 2.24) is 0 Å². The van der Waals surface area contributed by atoms with Gasteiger partial charge in [-0.2, -0.15) is 0 Å². The Labute approximate surface area is 106 Å². The van der Waals surface area contributed by atoms with Crippen LogP contribution in [0.25, 0.3) is 10.8 Å². The molecule has 0 spiro atoms. The van der Waals surface area contributed by atoms with Gasteiger partial charge in [0.15, 0.2) is 0 Å². The molecule has 0 bridgehead atoms. The van der Waals surface area contributed by atoms with E-state index in [-0.39, 0.29) is 0 Å². The zero-order valence-corrected chi connectivity index (χ0v) is 13.8. The van der Waals surface area contributed by atoms with E-state index in [1.54, 1.807) is 0 Å². The topological polar surface area (TPSA) is 0 Å². The standard InChI is InChI=1S/C13H13.2CH3.Bi/c1-2-6-11-8-5-9-12-7-3-4-10-13(11)12;;;/h2-5,7-10H,6H2,1H3;2*1H3;. The van der Waals surface area contributed by atoms with E-state index < -0.39 is 21.8 Å². The van der Waals surface area contributed by atoms with Gasteiger partial charge in [-0.25, -0.2) is 0 Å². The van der Waals surface area contributed by atoms with Gasteiger partial charge in [-0.15, -0.1) is 0 Å². The van der Waals surface area contributed by atoms with Crippen LogP contribution >= 0.6 is 0 Å². The molecule has 1 unspecified atom stereocenters. The van der Waals surface area contributed by atoms with E-state index in [0.29, 0.717) is 0 Å². The average molecular weight is 408 g/mol. The summed E-state index contributed by atoms with van der Waals surface area (Å²) in [5.41, 5.74) is 1.54. The van der Waals surface area contributed by atoms with Crippen LogP contribution in [-0.4, -0.2) is 21.8 Å². The summed E-state index contributed by atoms with van der Waals surface area (Å²) < 4.78 is 5.96. The van der Waals surface area contributed by atoms with Gasteiger partial charge in [0, 0.05) is 0 Å². The van der Waals surface area contributed by atoms with Crippen LogP contribution in [0.3, 0.4) is 0 Å². The van der Waals surface area contributed by atoms with Gasteiger partial charge < -0.3 is 0 Å². The minimum atomic E-state index is -1.10. The third-order valence-electron chi connectivity index (χ3n) is 3.28. The summed E-state index contributed by atoms with van der Waals surface area (Å²) in [5.74, 6) is 0. The minimum absolute atomic E-state index is 0.945. The number of fused-ring (bicyclic) bond motifs is 1. The van der Waals surface area contributed by atoms with Crippen molar-refractivity contribution < 1.29 is 0 Å². The van der Waals surface area contributed by atoms with E-state index in [9.17, 15) is 0 Å². The van der Waals surface area contributed by atoms with Crippen molar-refractivity contribution in [3.05, 3.63) is 48.0 Å². The van der Waals surface area contributed by atoms with Crippen LogP contribution in [0.5, 0.6) is 0 Å². The molecule has 16 heavy (non-hydrogen) atoms. The van der Waals surface area contributed by atoms with Crippen molar-refractivity contribution in [1.29, 1.82) is 0 Å². The summed E-state index contributed by atoms with van der Waals surface area (Å²) in [6, 6.07) is 15.4. The monoisotopic (exact) mass is 408 g/mol. The fraction of sp³-hybridized carbons (Fsp3) is 0.333. The van der Waals surface area contributed by atoms with Crippen molar-refractivity contribution >= 4 is 32.5 Å².